The summed E-state index contributed by atoms with van der Waals surface area (Å²) in [4.78, 5) is 0. The van der Waals surface area contributed by atoms with E-state index in [0.29, 0.717) is 6.08 Å². The maximum atomic E-state index is 12.3. The highest BCUT2D eigenvalue weighted by Gasteiger charge is 2.34. The molecule has 0 heterocycles. The van der Waals surface area contributed by atoms with Crippen LogP contribution in [0.1, 0.15) is 13.3 Å². The van der Waals surface area contributed by atoms with Gasteiger partial charge in [0.1, 0.15) is 0 Å². The molecule has 0 saturated carbocycles. The average molecular weight is 244 g/mol. The molecule has 0 N–H and O–H groups in total. The van der Waals surface area contributed by atoms with Gasteiger partial charge in [-0.1, -0.05) is 24.3 Å². The molecule has 0 atom stereocenters. The second kappa shape index (κ2) is 5.23. The standard InChI is InChI=1S/C10H10F6/c1-3-7(2)6-8(10(14,15)16)4-5-9(11,12)13/h3-4,6H,1,5H2,2H3/b7-6-,8-4+. The van der Waals surface area contributed by atoms with E-state index in [0.717, 1.165) is 6.08 Å². The number of alkyl halides is 6. The Morgan fingerprint density at radius 3 is 1.94 bits per heavy atom. The number of hydrogen-bond donors (Lipinski definition) is 0. The van der Waals surface area contributed by atoms with Crippen LogP contribution in [0.15, 0.2) is 36.0 Å². The normalized spacial score (nSPS) is 15.2. The van der Waals surface area contributed by atoms with Gasteiger partial charge in [-0.2, -0.15) is 26.3 Å². The molecule has 0 aliphatic heterocycles. The number of allylic oxidation sites excluding steroid dienone is 5. The molecule has 0 saturated heterocycles. The first-order valence-corrected chi connectivity index (χ1v) is 4.21. The van der Waals surface area contributed by atoms with Gasteiger partial charge in [0, 0.05) is 0 Å². The molecule has 0 radical (unpaired) electrons. The summed E-state index contributed by atoms with van der Waals surface area (Å²) in [7, 11) is 0. The molecule has 0 aromatic rings. The van der Waals surface area contributed by atoms with E-state index < -0.39 is 24.3 Å². The van der Waals surface area contributed by atoms with Gasteiger partial charge in [0.15, 0.2) is 0 Å². The molecule has 0 aliphatic carbocycles. The van der Waals surface area contributed by atoms with Crippen molar-refractivity contribution in [2.24, 2.45) is 0 Å². The maximum Gasteiger partial charge on any atom is 0.416 e. The van der Waals surface area contributed by atoms with Crippen molar-refractivity contribution in [1.82, 2.24) is 0 Å². The molecular weight excluding hydrogens is 234 g/mol. The first-order valence-electron chi connectivity index (χ1n) is 4.21. The van der Waals surface area contributed by atoms with Gasteiger partial charge in [-0.25, -0.2) is 0 Å². The minimum atomic E-state index is -4.80. The third kappa shape index (κ3) is 6.31. The number of halogens is 6. The van der Waals surface area contributed by atoms with Gasteiger partial charge >= 0.3 is 12.4 Å². The highest BCUT2D eigenvalue weighted by Crippen LogP contribution is 2.30. The summed E-state index contributed by atoms with van der Waals surface area (Å²) >= 11 is 0. The third-order valence-electron chi connectivity index (χ3n) is 1.59. The Morgan fingerprint density at radius 1 is 1.12 bits per heavy atom. The van der Waals surface area contributed by atoms with E-state index >= 15 is 0 Å². The van der Waals surface area contributed by atoms with Crippen LogP contribution in [0.5, 0.6) is 0 Å². The lowest BCUT2D eigenvalue weighted by atomic mass is 10.1. The van der Waals surface area contributed by atoms with Gasteiger partial charge in [0.05, 0.1) is 12.0 Å². The monoisotopic (exact) mass is 244 g/mol. The predicted octanol–water partition coefficient (Wildman–Crippen LogP) is 4.56. The van der Waals surface area contributed by atoms with Gasteiger partial charge in [-0.3, -0.25) is 0 Å². The fourth-order valence-corrected chi connectivity index (χ4v) is 0.786. The minimum absolute atomic E-state index is 0.118. The molecule has 0 spiro atoms. The summed E-state index contributed by atoms with van der Waals surface area (Å²) in [5.74, 6) is 0. The van der Waals surface area contributed by atoms with E-state index in [2.05, 4.69) is 6.58 Å². The first-order chi connectivity index (χ1) is 7.06. The van der Waals surface area contributed by atoms with Crippen LogP contribution in [0, 0.1) is 0 Å². The second-order valence-corrected chi connectivity index (χ2v) is 3.07. The fourth-order valence-electron chi connectivity index (χ4n) is 0.786. The molecular formula is C10H10F6. The van der Waals surface area contributed by atoms with Gasteiger partial charge in [0.25, 0.3) is 0 Å². The number of hydrogen-bond acceptors (Lipinski definition) is 0. The zero-order valence-corrected chi connectivity index (χ0v) is 8.41. The van der Waals surface area contributed by atoms with Crippen LogP contribution in [0.25, 0.3) is 0 Å². The van der Waals surface area contributed by atoms with E-state index in [9.17, 15) is 26.3 Å². The maximum absolute atomic E-state index is 12.3. The molecule has 6 heteroatoms. The average Bonchev–Trinajstić information content (AvgIpc) is 2.08. The highest BCUT2D eigenvalue weighted by molar-refractivity contribution is 5.31. The lowest BCUT2D eigenvalue weighted by Crippen LogP contribution is -2.13. The minimum Gasteiger partial charge on any atom is -0.171 e. The lowest BCUT2D eigenvalue weighted by molar-refractivity contribution is -0.126. The smallest absolute Gasteiger partial charge is 0.171 e. The van der Waals surface area contributed by atoms with Crippen LogP contribution >= 0.6 is 0 Å². The van der Waals surface area contributed by atoms with Crippen molar-refractivity contribution in [3.05, 3.63) is 36.0 Å². The highest BCUT2D eigenvalue weighted by atomic mass is 19.4. The van der Waals surface area contributed by atoms with Crippen molar-refractivity contribution < 1.29 is 26.3 Å². The predicted molar refractivity (Wildman–Crippen MR) is 48.8 cm³/mol. The summed E-state index contributed by atoms with van der Waals surface area (Å²) in [6.07, 6.45) is -9.18. The van der Waals surface area contributed by atoms with Crippen LogP contribution < -0.4 is 0 Å². The summed E-state index contributed by atoms with van der Waals surface area (Å²) < 4.78 is 72.1. The molecule has 0 bridgehead atoms. The Morgan fingerprint density at radius 2 is 1.62 bits per heavy atom. The van der Waals surface area contributed by atoms with E-state index in [-0.39, 0.29) is 11.6 Å². The Bertz CT molecular complexity index is 302. The molecule has 92 valence electrons. The van der Waals surface area contributed by atoms with E-state index in [4.69, 9.17) is 0 Å². The summed E-state index contributed by atoms with van der Waals surface area (Å²) in [6.45, 7) is 4.54. The van der Waals surface area contributed by atoms with Crippen LogP contribution in [0.2, 0.25) is 0 Å². The van der Waals surface area contributed by atoms with Crippen LogP contribution in [0.4, 0.5) is 26.3 Å². The third-order valence-corrected chi connectivity index (χ3v) is 1.59. The van der Waals surface area contributed by atoms with E-state index in [1.165, 1.54) is 6.92 Å². The van der Waals surface area contributed by atoms with Crippen LogP contribution in [-0.4, -0.2) is 12.4 Å². The molecule has 0 rings (SSSR count). The molecule has 0 unspecified atom stereocenters. The molecule has 0 nitrogen and oxygen atoms in total. The second-order valence-electron chi connectivity index (χ2n) is 3.07. The Hall–Kier alpha value is -1.20. The largest absolute Gasteiger partial charge is 0.416 e. The quantitative estimate of drug-likeness (QED) is 0.504. The van der Waals surface area contributed by atoms with Crippen molar-refractivity contribution in [2.45, 2.75) is 25.7 Å². The Balaban J connectivity index is 5.05. The van der Waals surface area contributed by atoms with E-state index in [1.807, 2.05) is 0 Å². The molecule has 16 heavy (non-hydrogen) atoms. The van der Waals surface area contributed by atoms with Crippen LogP contribution in [0.3, 0.4) is 0 Å². The molecule has 0 amide bonds. The lowest BCUT2D eigenvalue weighted by Gasteiger charge is -2.09. The zero-order valence-electron chi connectivity index (χ0n) is 8.41. The van der Waals surface area contributed by atoms with E-state index in [1.54, 1.807) is 0 Å². The van der Waals surface area contributed by atoms with Gasteiger partial charge in [0.2, 0.25) is 0 Å². The molecule has 0 aromatic carbocycles. The SMILES string of the molecule is C=C/C(C)=C\C(=C/CC(F)(F)F)C(F)(F)F. The van der Waals surface area contributed by atoms with Gasteiger partial charge in [-0.15, -0.1) is 0 Å². The van der Waals surface area contributed by atoms with Crippen molar-refractivity contribution in [1.29, 1.82) is 0 Å². The fraction of sp³-hybridized carbons (Fsp3) is 0.400. The summed E-state index contributed by atoms with van der Waals surface area (Å²) in [6, 6.07) is 0. The topological polar surface area (TPSA) is 0 Å². The summed E-state index contributed by atoms with van der Waals surface area (Å²) in [5.41, 5.74) is -1.17. The summed E-state index contributed by atoms with van der Waals surface area (Å²) in [5, 5.41) is 0. The molecule has 0 aliphatic rings. The van der Waals surface area contributed by atoms with Crippen molar-refractivity contribution in [3.8, 4) is 0 Å². The van der Waals surface area contributed by atoms with Crippen molar-refractivity contribution in [2.75, 3.05) is 0 Å². The number of rotatable bonds is 3. The van der Waals surface area contributed by atoms with Gasteiger partial charge < -0.3 is 0 Å². The van der Waals surface area contributed by atoms with Crippen molar-refractivity contribution in [3.63, 3.8) is 0 Å². The molecule has 0 fully saturated rings. The van der Waals surface area contributed by atoms with Crippen LogP contribution in [-0.2, 0) is 0 Å². The molecule has 0 aromatic heterocycles. The van der Waals surface area contributed by atoms with Crippen molar-refractivity contribution >= 4 is 0 Å². The Kier molecular flexibility index (Phi) is 4.83. The van der Waals surface area contributed by atoms with Gasteiger partial charge in [-0.05, 0) is 13.0 Å². The first kappa shape index (κ1) is 14.8. The Labute approximate surface area is 88.9 Å². The zero-order chi connectivity index (χ0) is 13.0.